The van der Waals surface area contributed by atoms with Crippen molar-refractivity contribution in [1.82, 2.24) is 25.1 Å². The molecule has 172 valence electrons. The van der Waals surface area contributed by atoms with E-state index in [1.54, 1.807) is 10.8 Å². The Kier molecular flexibility index (Phi) is 4.33. The zero-order valence-electron chi connectivity index (χ0n) is 18.8. The number of aliphatic carboxylic acids is 1. The molecule has 1 spiro atoms. The predicted molar refractivity (Wildman–Crippen MR) is 116 cm³/mol. The van der Waals surface area contributed by atoms with Gasteiger partial charge >= 0.3 is 5.97 Å². The molecule has 4 atom stereocenters. The molecule has 1 saturated carbocycles. The average Bonchev–Trinajstić information content (AvgIpc) is 3.55. The maximum Gasteiger partial charge on any atom is 0.310 e. The lowest BCUT2D eigenvalue weighted by Gasteiger charge is -2.44. The number of hydrogen-bond acceptors (Lipinski definition) is 6. The molecule has 4 aliphatic rings. The summed E-state index contributed by atoms with van der Waals surface area (Å²) in [5, 5.41) is 22.8. The topological polar surface area (TPSA) is 110 Å². The van der Waals surface area contributed by atoms with Gasteiger partial charge in [-0.1, -0.05) is 49.6 Å². The summed E-state index contributed by atoms with van der Waals surface area (Å²) < 4.78 is 7.94. The molecule has 3 aliphatic heterocycles. The highest BCUT2D eigenvalue weighted by Crippen LogP contribution is 2.56. The highest BCUT2D eigenvalue weighted by molar-refractivity contribution is 5.91. The van der Waals surface area contributed by atoms with Crippen LogP contribution in [0, 0.1) is 25.7 Å². The van der Waals surface area contributed by atoms with Crippen molar-refractivity contribution in [2.45, 2.75) is 63.2 Å². The number of likely N-dealkylation sites (tertiary alicyclic amines) is 1. The molecule has 2 saturated heterocycles. The summed E-state index contributed by atoms with van der Waals surface area (Å²) in [5.41, 5.74) is 1.44. The lowest BCUT2D eigenvalue weighted by molar-refractivity contribution is -0.150. The van der Waals surface area contributed by atoms with E-state index in [0.717, 1.165) is 48.9 Å². The molecule has 0 unspecified atom stereocenters. The Labute approximate surface area is 191 Å². The maximum absolute atomic E-state index is 13.9. The van der Waals surface area contributed by atoms with Crippen molar-refractivity contribution >= 4 is 11.9 Å². The largest absolute Gasteiger partial charge is 0.481 e. The van der Waals surface area contributed by atoms with Crippen LogP contribution in [0.2, 0.25) is 0 Å². The number of carbonyl (C=O) groups is 2. The fourth-order valence-corrected chi connectivity index (χ4v) is 6.66. The Morgan fingerprint density at radius 1 is 1.18 bits per heavy atom. The van der Waals surface area contributed by atoms with Crippen LogP contribution in [-0.2, 0) is 19.9 Å². The summed E-state index contributed by atoms with van der Waals surface area (Å²) in [5.74, 6) is -2.07. The van der Waals surface area contributed by atoms with Gasteiger partial charge in [0, 0.05) is 0 Å². The van der Waals surface area contributed by atoms with Crippen LogP contribution in [0.3, 0.4) is 0 Å². The molecule has 2 bridgehead atoms. The Balaban J connectivity index is 1.49. The molecule has 33 heavy (non-hydrogen) atoms. The molecular formula is C24H27N5O4. The van der Waals surface area contributed by atoms with Gasteiger partial charge in [0.15, 0.2) is 5.82 Å². The monoisotopic (exact) mass is 449 g/mol. The van der Waals surface area contributed by atoms with Crippen LogP contribution in [0.25, 0.3) is 5.69 Å². The first-order valence-electron chi connectivity index (χ1n) is 11.6. The minimum atomic E-state index is -0.982. The molecule has 9 heteroatoms. The van der Waals surface area contributed by atoms with E-state index in [4.69, 9.17) is 4.74 Å². The van der Waals surface area contributed by atoms with Crippen LogP contribution in [0.5, 0.6) is 0 Å². The quantitative estimate of drug-likeness (QED) is 0.713. The summed E-state index contributed by atoms with van der Waals surface area (Å²) in [7, 11) is 0. The van der Waals surface area contributed by atoms with E-state index in [2.05, 4.69) is 15.5 Å². The smallest absolute Gasteiger partial charge is 0.310 e. The molecule has 3 fully saturated rings. The van der Waals surface area contributed by atoms with Gasteiger partial charge in [0.2, 0.25) is 5.91 Å². The number of fused-ring (bicyclic) bond motifs is 1. The Hall–Kier alpha value is -3.07. The third-order valence-electron chi connectivity index (χ3n) is 8.12. The predicted octanol–water partition coefficient (Wildman–Crippen LogP) is 2.31. The van der Waals surface area contributed by atoms with Crippen molar-refractivity contribution < 1.29 is 19.4 Å². The van der Waals surface area contributed by atoms with Crippen molar-refractivity contribution in [3.05, 3.63) is 47.3 Å². The first kappa shape index (κ1) is 20.5. The van der Waals surface area contributed by atoms with Gasteiger partial charge in [-0.25, -0.2) is 0 Å². The van der Waals surface area contributed by atoms with Crippen LogP contribution in [-0.4, -0.2) is 60.3 Å². The third kappa shape index (κ3) is 2.65. The van der Waals surface area contributed by atoms with Crippen LogP contribution in [0.4, 0.5) is 0 Å². The third-order valence-corrected chi connectivity index (χ3v) is 8.12. The molecule has 1 aliphatic carbocycles. The van der Waals surface area contributed by atoms with E-state index in [1.165, 1.54) is 0 Å². The van der Waals surface area contributed by atoms with Gasteiger partial charge in [0.05, 0.1) is 24.3 Å². The number of aryl methyl sites for hydroxylation is 2. The van der Waals surface area contributed by atoms with Gasteiger partial charge in [-0.15, -0.1) is 5.10 Å². The number of ether oxygens (including phenoxy) is 1. The van der Waals surface area contributed by atoms with Gasteiger partial charge in [-0.2, -0.15) is 4.68 Å². The number of carboxylic acid groups (broad SMARTS) is 1. The molecule has 0 radical (unpaired) electrons. The molecule has 4 heterocycles. The van der Waals surface area contributed by atoms with E-state index >= 15 is 0 Å². The first-order chi connectivity index (χ1) is 15.9. The van der Waals surface area contributed by atoms with Crippen molar-refractivity contribution in [2.75, 3.05) is 6.54 Å². The Morgan fingerprint density at radius 3 is 2.61 bits per heavy atom. The van der Waals surface area contributed by atoms with E-state index in [0.29, 0.717) is 12.4 Å². The fourth-order valence-electron chi connectivity index (χ4n) is 6.66. The van der Waals surface area contributed by atoms with Gasteiger partial charge in [-0.3, -0.25) is 9.59 Å². The zero-order valence-corrected chi connectivity index (χ0v) is 18.8. The number of aromatic nitrogens is 4. The molecule has 9 nitrogen and oxygen atoms in total. The number of carboxylic acids is 1. The minimum absolute atomic E-state index is 0.160. The van der Waals surface area contributed by atoms with Crippen molar-refractivity contribution in [3.63, 3.8) is 0 Å². The number of benzene rings is 1. The van der Waals surface area contributed by atoms with Crippen LogP contribution >= 0.6 is 0 Å². The lowest BCUT2D eigenvalue weighted by Crippen LogP contribution is -2.52. The van der Waals surface area contributed by atoms with Gasteiger partial charge in [0.1, 0.15) is 17.1 Å². The number of tetrazole rings is 1. The second-order valence-corrected chi connectivity index (χ2v) is 9.91. The molecule has 1 aromatic carbocycles. The normalized spacial score (nSPS) is 31.9. The van der Waals surface area contributed by atoms with Crippen molar-refractivity contribution in [2.24, 2.45) is 11.8 Å². The molecule has 1 amide bonds. The highest BCUT2D eigenvalue weighted by Gasteiger charge is 2.69. The molecule has 1 aromatic heterocycles. The number of nitrogens with zero attached hydrogens (tertiary/aromatic N) is 5. The molecule has 2 aromatic rings. The number of rotatable bonds is 4. The van der Waals surface area contributed by atoms with E-state index in [1.807, 2.05) is 43.0 Å². The minimum Gasteiger partial charge on any atom is -0.481 e. The van der Waals surface area contributed by atoms with Crippen LogP contribution in [0.15, 0.2) is 30.4 Å². The number of para-hydroxylation sites is 1. The number of amides is 1. The van der Waals surface area contributed by atoms with E-state index in [-0.39, 0.29) is 5.91 Å². The average molecular weight is 450 g/mol. The van der Waals surface area contributed by atoms with Crippen molar-refractivity contribution in [1.29, 1.82) is 0 Å². The maximum atomic E-state index is 13.9. The summed E-state index contributed by atoms with van der Waals surface area (Å²) in [6.07, 6.45) is 7.62. The summed E-state index contributed by atoms with van der Waals surface area (Å²) >= 11 is 0. The van der Waals surface area contributed by atoms with Gasteiger partial charge < -0.3 is 14.7 Å². The highest BCUT2D eigenvalue weighted by atomic mass is 16.5. The standard InChI is InChI=1S/C24H27N5O4/c1-14-7-6-8-15(2)19(14)29-22(25-26-27-29)23(10-4-3-5-11-23)28-13-24-12-9-16(33-24)17(21(31)32)18(24)20(28)30/h6-9,12,16-18H,3-5,10-11,13H2,1-2H3,(H,31,32)/t16-,17+,18+,24-/m1/s1. The van der Waals surface area contributed by atoms with Crippen LogP contribution in [0.1, 0.15) is 49.1 Å². The van der Waals surface area contributed by atoms with Gasteiger partial charge in [0.25, 0.3) is 0 Å². The van der Waals surface area contributed by atoms with Crippen LogP contribution < -0.4 is 0 Å². The molecule has 6 rings (SSSR count). The summed E-state index contributed by atoms with van der Waals surface area (Å²) in [6, 6.07) is 6.06. The van der Waals surface area contributed by atoms with E-state index < -0.39 is 35.0 Å². The second kappa shape index (κ2) is 6.96. The number of carbonyl (C=O) groups excluding carboxylic acids is 1. The van der Waals surface area contributed by atoms with Gasteiger partial charge in [-0.05, 0) is 48.2 Å². The second-order valence-electron chi connectivity index (χ2n) is 9.91. The summed E-state index contributed by atoms with van der Waals surface area (Å²) in [6.45, 7) is 4.38. The molecular weight excluding hydrogens is 422 g/mol. The Morgan fingerprint density at radius 2 is 1.91 bits per heavy atom. The first-order valence-corrected chi connectivity index (χ1v) is 11.6. The SMILES string of the molecule is Cc1cccc(C)c1-n1nnnc1C1(N2C[C@@]34C=C[C@@H](O3)[C@H](C(=O)O)[C@H]4C2=O)CCCCC1. The lowest BCUT2D eigenvalue weighted by atomic mass is 9.77. The molecule has 1 N–H and O–H groups in total. The fraction of sp³-hybridized carbons (Fsp3) is 0.542. The Bertz CT molecular complexity index is 1160. The van der Waals surface area contributed by atoms with E-state index in [9.17, 15) is 14.7 Å². The zero-order chi connectivity index (χ0) is 23.0. The summed E-state index contributed by atoms with van der Waals surface area (Å²) in [4.78, 5) is 27.9. The van der Waals surface area contributed by atoms with Crippen molar-refractivity contribution in [3.8, 4) is 5.69 Å². The number of hydrogen-bond donors (Lipinski definition) is 1.